The number of ether oxygens (including phenoxy) is 1. The molecule has 6 N–H and O–H groups in total. The van der Waals surface area contributed by atoms with Gasteiger partial charge >= 0.3 is 5.69 Å². The van der Waals surface area contributed by atoms with Crippen LogP contribution in [0.1, 0.15) is 6.23 Å². The van der Waals surface area contributed by atoms with E-state index >= 15 is 0 Å². The molecule has 9 heteroatoms. The van der Waals surface area contributed by atoms with Crippen LogP contribution in [0.25, 0.3) is 0 Å². The minimum atomic E-state index is -1.71. The van der Waals surface area contributed by atoms with Crippen molar-refractivity contribution in [3.63, 3.8) is 0 Å². The van der Waals surface area contributed by atoms with Crippen molar-refractivity contribution >= 4 is 5.82 Å². The van der Waals surface area contributed by atoms with Crippen molar-refractivity contribution in [2.24, 2.45) is 5.73 Å². The van der Waals surface area contributed by atoms with Gasteiger partial charge in [-0.2, -0.15) is 14.8 Å². The lowest BCUT2D eigenvalue weighted by Gasteiger charge is -2.26. The molecular weight excluding hydrogens is 254 g/mol. The maximum atomic E-state index is 11.7. The second-order valence-electron chi connectivity index (χ2n) is 4.14. The third-order valence-electron chi connectivity index (χ3n) is 2.94. The Hall–Kier alpha value is -1.99. The average molecular weight is 267 g/mol. The van der Waals surface area contributed by atoms with Gasteiger partial charge in [0.1, 0.15) is 18.0 Å². The van der Waals surface area contributed by atoms with Crippen LogP contribution in [-0.4, -0.2) is 49.3 Å². The highest BCUT2D eigenvalue weighted by atomic mass is 16.5. The van der Waals surface area contributed by atoms with Crippen LogP contribution in [0.2, 0.25) is 0 Å². The monoisotopic (exact) mass is 267 g/mol. The van der Waals surface area contributed by atoms with Gasteiger partial charge in [0.25, 0.3) is 0 Å². The molecular formula is C10H13N5O4. The van der Waals surface area contributed by atoms with E-state index in [0.717, 1.165) is 10.9 Å². The summed E-state index contributed by atoms with van der Waals surface area (Å²) in [5, 5.41) is 22.8. The molecule has 0 bridgehead atoms. The highest BCUT2D eigenvalue weighted by Gasteiger charge is 2.54. The number of terminal acetylenes is 1. The second kappa shape index (κ2) is 4.60. The first-order chi connectivity index (χ1) is 8.93. The molecule has 0 aromatic carbocycles. The van der Waals surface area contributed by atoms with Crippen LogP contribution in [0.5, 0.6) is 0 Å². The molecule has 0 spiro atoms. The first kappa shape index (κ1) is 13.4. The molecule has 1 unspecified atom stereocenters. The van der Waals surface area contributed by atoms with Crippen LogP contribution in [0.15, 0.2) is 11.0 Å². The number of aliphatic hydroxyl groups excluding tert-OH is 2. The number of hydrogen-bond donors (Lipinski definition) is 4. The number of rotatable bonds is 2. The van der Waals surface area contributed by atoms with E-state index < -0.39 is 36.3 Å². The zero-order valence-electron chi connectivity index (χ0n) is 9.80. The van der Waals surface area contributed by atoms with Gasteiger partial charge in [-0.3, -0.25) is 0 Å². The van der Waals surface area contributed by atoms with Gasteiger partial charge in [0.2, 0.25) is 0 Å². The Morgan fingerprint density at radius 1 is 1.68 bits per heavy atom. The predicted molar refractivity (Wildman–Crippen MR) is 63.5 cm³/mol. The number of nitrogens with zero attached hydrogens (tertiary/aromatic N) is 3. The number of nitrogen functional groups attached to an aromatic ring is 1. The number of hydrogen-bond acceptors (Lipinski definition) is 8. The van der Waals surface area contributed by atoms with Crippen molar-refractivity contribution in [2.75, 3.05) is 12.3 Å². The van der Waals surface area contributed by atoms with Gasteiger partial charge in [-0.05, 0) is 0 Å². The fraction of sp³-hybridized carbons (Fsp3) is 0.500. The fourth-order valence-corrected chi connectivity index (χ4v) is 1.89. The summed E-state index contributed by atoms with van der Waals surface area (Å²) in [5.74, 6) is 2.11. The summed E-state index contributed by atoms with van der Waals surface area (Å²) in [4.78, 5) is 15.2. The molecule has 9 nitrogen and oxygen atoms in total. The minimum Gasteiger partial charge on any atom is -0.394 e. The smallest absolute Gasteiger partial charge is 0.368 e. The largest absolute Gasteiger partial charge is 0.394 e. The van der Waals surface area contributed by atoms with Crippen LogP contribution in [-0.2, 0) is 4.74 Å². The van der Waals surface area contributed by atoms with Gasteiger partial charge in [0, 0.05) is 0 Å². The molecule has 4 atom stereocenters. The molecule has 1 saturated heterocycles. The average Bonchev–Trinajstić information content (AvgIpc) is 2.63. The Morgan fingerprint density at radius 3 is 2.89 bits per heavy atom. The van der Waals surface area contributed by atoms with Crippen LogP contribution in [0.3, 0.4) is 0 Å². The summed E-state index contributed by atoms with van der Waals surface area (Å²) in [6.07, 6.45) is 2.81. The lowest BCUT2D eigenvalue weighted by Crippen LogP contribution is -2.55. The van der Waals surface area contributed by atoms with E-state index in [0.29, 0.717) is 0 Å². The molecule has 1 fully saturated rings. The molecule has 1 aromatic heterocycles. The molecule has 2 rings (SSSR count). The molecule has 0 aliphatic carbocycles. The van der Waals surface area contributed by atoms with E-state index in [2.05, 4.69) is 16.0 Å². The first-order valence-corrected chi connectivity index (χ1v) is 5.36. The van der Waals surface area contributed by atoms with E-state index in [1.807, 2.05) is 0 Å². The van der Waals surface area contributed by atoms with Gasteiger partial charge in [0.15, 0.2) is 11.8 Å². The van der Waals surface area contributed by atoms with E-state index in [1.165, 1.54) is 0 Å². The third-order valence-corrected chi connectivity index (χ3v) is 2.94. The van der Waals surface area contributed by atoms with Crippen LogP contribution < -0.4 is 17.2 Å². The van der Waals surface area contributed by atoms with Gasteiger partial charge in [0.05, 0.1) is 12.8 Å². The zero-order chi connectivity index (χ0) is 14.2. The molecule has 0 amide bonds. The number of anilines is 1. The molecule has 0 radical (unpaired) electrons. The highest BCUT2D eigenvalue weighted by molar-refractivity contribution is 5.23. The lowest BCUT2D eigenvalue weighted by atomic mass is 9.92. The van der Waals surface area contributed by atoms with E-state index in [-0.39, 0.29) is 5.82 Å². The van der Waals surface area contributed by atoms with Gasteiger partial charge < -0.3 is 26.4 Å². The summed E-state index contributed by atoms with van der Waals surface area (Å²) in [5.41, 5.74) is 8.66. The molecule has 19 heavy (non-hydrogen) atoms. The zero-order valence-corrected chi connectivity index (χ0v) is 9.80. The lowest BCUT2D eigenvalue weighted by molar-refractivity contribution is -0.0528. The van der Waals surface area contributed by atoms with E-state index in [4.69, 9.17) is 27.7 Å². The Bertz CT molecular complexity index is 582. The normalized spacial score (nSPS) is 34.1. The summed E-state index contributed by atoms with van der Waals surface area (Å²) in [6.45, 7) is -0.505. The van der Waals surface area contributed by atoms with Crippen molar-refractivity contribution in [3.8, 4) is 12.3 Å². The van der Waals surface area contributed by atoms with Crippen LogP contribution >= 0.6 is 0 Å². The molecule has 2 heterocycles. The quantitative estimate of drug-likeness (QED) is 0.409. The van der Waals surface area contributed by atoms with Gasteiger partial charge in [-0.15, -0.1) is 6.42 Å². The first-order valence-electron chi connectivity index (χ1n) is 5.36. The summed E-state index contributed by atoms with van der Waals surface area (Å²) in [6, 6.07) is 0. The fourth-order valence-electron chi connectivity index (χ4n) is 1.89. The minimum absolute atomic E-state index is 0.0677. The van der Waals surface area contributed by atoms with Crippen molar-refractivity contribution in [2.45, 2.75) is 24.0 Å². The molecule has 102 valence electrons. The summed E-state index contributed by atoms with van der Waals surface area (Å²) in [7, 11) is 0. The topological polar surface area (TPSA) is 150 Å². The SMILES string of the molecule is C#CC1(N)[C@@H](O)[C@@H](CO)O[C@H]1n1ncc(N)nc1=O. The number of aromatic nitrogens is 3. The molecule has 1 aliphatic rings. The summed E-state index contributed by atoms with van der Waals surface area (Å²) < 4.78 is 6.08. The standard InChI is InChI=1S/C10H13N5O4/c1-2-10(12)7(17)5(4-16)19-8(10)15-9(18)14-6(11)3-13-15/h1,3,5,7-8,16-17H,4,12H2,(H2,11,14,18)/t5-,7+,8-,10?/m1/s1. The summed E-state index contributed by atoms with van der Waals surface area (Å²) >= 11 is 0. The van der Waals surface area contributed by atoms with E-state index in [9.17, 15) is 9.90 Å². The van der Waals surface area contributed by atoms with Gasteiger partial charge in [-0.1, -0.05) is 5.92 Å². The highest BCUT2D eigenvalue weighted by Crippen LogP contribution is 2.34. The Kier molecular flexibility index (Phi) is 3.25. The van der Waals surface area contributed by atoms with Crippen molar-refractivity contribution in [1.82, 2.24) is 14.8 Å². The van der Waals surface area contributed by atoms with Crippen molar-refractivity contribution in [3.05, 3.63) is 16.7 Å². The second-order valence-corrected chi connectivity index (χ2v) is 4.14. The maximum absolute atomic E-state index is 11.7. The van der Waals surface area contributed by atoms with Gasteiger partial charge in [-0.25, -0.2) is 4.79 Å². The number of aliphatic hydroxyl groups is 2. The Morgan fingerprint density at radius 2 is 2.37 bits per heavy atom. The number of nitrogens with two attached hydrogens (primary N) is 2. The van der Waals surface area contributed by atoms with E-state index in [1.54, 1.807) is 0 Å². The molecule has 1 aliphatic heterocycles. The van der Waals surface area contributed by atoms with Crippen molar-refractivity contribution in [1.29, 1.82) is 0 Å². The predicted octanol–water partition coefficient (Wildman–Crippen LogP) is -3.20. The molecule has 0 saturated carbocycles. The third kappa shape index (κ3) is 1.96. The Labute approximate surface area is 107 Å². The van der Waals surface area contributed by atoms with Crippen LogP contribution in [0, 0.1) is 12.3 Å². The maximum Gasteiger partial charge on any atom is 0.368 e. The van der Waals surface area contributed by atoms with Crippen LogP contribution in [0.4, 0.5) is 5.82 Å². The Balaban J connectivity index is 2.49. The molecule has 1 aromatic rings. The van der Waals surface area contributed by atoms with Crippen molar-refractivity contribution < 1.29 is 14.9 Å².